The van der Waals surface area contributed by atoms with E-state index in [1.807, 2.05) is 4.90 Å². The van der Waals surface area contributed by atoms with Crippen LogP contribution in [0.3, 0.4) is 0 Å². The van der Waals surface area contributed by atoms with Crippen molar-refractivity contribution in [2.75, 3.05) is 34.4 Å². The molecule has 1 aromatic rings. The molecule has 1 saturated heterocycles. The summed E-state index contributed by atoms with van der Waals surface area (Å²) in [5.41, 5.74) is 0.385. The van der Waals surface area contributed by atoms with Crippen LogP contribution in [0.5, 0.6) is 17.2 Å². The van der Waals surface area contributed by atoms with Crippen molar-refractivity contribution in [3.05, 3.63) is 17.7 Å². The van der Waals surface area contributed by atoms with E-state index in [9.17, 15) is 9.59 Å². The number of nitrogens with zero attached hydrogens (tertiary/aromatic N) is 1. The van der Waals surface area contributed by atoms with Gasteiger partial charge in [0.2, 0.25) is 11.7 Å². The Hall–Kier alpha value is -2.44. The van der Waals surface area contributed by atoms with Crippen LogP contribution in [0.4, 0.5) is 0 Å². The molecule has 1 N–H and O–H groups in total. The maximum atomic E-state index is 12.6. The average molecular weight is 364 g/mol. The summed E-state index contributed by atoms with van der Waals surface area (Å²) in [6, 6.07) is 3.49. The van der Waals surface area contributed by atoms with Gasteiger partial charge in [-0.15, -0.1) is 0 Å². The molecule has 7 nitrogen and oxygen atoms in total. The molecule has 0 saturated carbocycles. The summed E-state index contributed by atoms with van der Waals surface area (Å²) in [5, 5.41) is 2.91. The Labute approximate surface area is 154 Å². The monoisotopic (exact) mass is 364 g/mol. The lowest BCUT2D eigenvalue weighted by atomic mass is 10.1. The predicted molar refractivity (Wildman–Crippen MR) is 98.1 cm³/mol. The van der Waals surface area contributed by atoms with Gasteiger partial charge < -0.3 is 24.4 Å². The number of nitrogens with one attached hydrogen (secondary N) is 1. The molecule has 0 aliphatic carbocycles. The first-order valence-electron chi connectivity index (χ1n) is 8.93. The molecule has 26 heavy (non-hydrogen) atoms. The second-order valence-electron chi connectivity index (χ2n) is 6.18. The maximum Gasteiger partial charge on any atom is 0.255 e. The molecule has 0 bridgehead atoms. The van der Waals surface area contributed by atoms with Crippen LogP contribution in [0.15, 0.2) is 12.1 Å². The molecule has 2 amide bonds. The Morgan fingerprint density at radius 1 is 1.19 bits per heavy atom. The van der Waals surface area contributed by atoms with Gasteiger partial charge in [-0.2, -0.15) is 0 Å². The minimum Gasteiger partial charge on any atom is -0.493 e. The number of carbonyl (C=O) groups excluding carboxylic acids is 2. The molecule has 144 valence electrons. The van der Waals surface area contributed by atoms with Gasteiger partial charge in [0.1, 0.15) is 0 Å². The fourth-order valence-corrected chi connectivity index (χ4v) is 3.36. The number of hydrogen-bond donors (Lipinski definition) is 1. The van der Waals surface area contributed by atoms with Gasteiger partial charge in [0.05, 0.1) is 26.9 Å². The van der Waals surface area contributed by atoms with E-state index in [0.29, 0.717) is 35.8 Å². The van der Waals surface area contributed by atoms with Crippen molar-refractivity contribution in [2.24, 2.45) is 0 Å². The third-order valence-corrected chi connectivity index (χ3v) is 4.73. The SMILES string of the molecule is CCC(CCNC(=O)c1ccc(OC)c(OC)c1OC)N1CCCC1=O. The largest absolute Gasteiger partial charge is 0.493 e. The quantitative estimate of drug-likeness (QED) is 0.727. The first kappa shape index (κ1) is 19.9. The van der Waals surface area contributed by atoms with Crippen LogP contribution < -0.4 is 19.5 Å². The van der Waals surface area contributed by atoms with Crippen molar-refractivity contribution < 1.29 is 23.8 Å². The molecule has 1 atom stereocenters. The Balaban J connectivity index is 2.02. The molecule has 1 aromatic carbocycles. The number of hydrogen-bond acceptors (Lipinski definition) is 5. The van der Waals surface area contributed by atoms with E-state index in [-0.39, 0.29) is 17.9 Å². The summed E-state index contributed by atoms with van der Waals surface area (Å²) in [6.45, 7) is 3.36. The third kappa shape index (κ3) is 4.20. The Morgan fingerprint density at radius 3 is 2.46 bits per heavy atom. The zero-order valence-corrected chi connectivity index (χ0v) is 16.0. The number of ether oxygens (including phenoxy) is 3. The molecular weight excluding hydrogens is 336 g/mol. The van der Waals surface area contributed by atoms with E-state index in [1.165, 1.54) is 21.3 Å². The average Bonchev–Trinajstić information content (AvgIpc) is 3.09. The minimum atomic E-state index is -0.245. The fourth-order valence-electron chi connectivity index (χ4n) is 3.36. The van der Waals surface area contributed by atoms with Crippen LogP contribution >= 0.6 is 0 Å². The van der Waals surface area contributed by atoms with Gasteiger partial charge in [-0.3, -0.25) is 9.59 Å². The van der Waals surface area contributed by atoms with Crippen LogP contribution in [-0.4, -0.2) is 57.2 Å². The lowest BCUT2D eigenvalue weighted by molar-refractivity contribution is -0.129. The lowest BCUT2D eigenvalue weighted by Crippen LogP contribution is -2.38. The smallest absolute Gasteiger partial charge is 0.255 e. The number of methoxy groups -OCH3 is 3. The van der Waals surface area contributed by atoms with Gasteiger partial charge in [-0.25, -0.2) is 0 Å². The molecular formula is C19H28N2O5. The molecule has 1 fully saturated rings. The van der Waals surface area contributed by atoms with Crippen molar-refractivity contribution in [1.29, 1.82) is 0 Å². The number of carbonyl (C=O) groups is 2. The highest BCUT2D eigenvalue weighted by Crippen LogP contribution is 2.39. The third-order valence-electron chi connectivity index (χ3n) is 4.73. The molecule has 1 aliphatic heterocycles. The van der Waals surface area contributed by atoms with Gasteiger partial charge in [0, 0.05) is 25.6 Å². The number of likely N-dealkylation sites (tertiary alicyclic amines) is 1. The van der Waals surface area contributed by atoms with Crippen molar-refractivity contribution >= 4 is 11.8 Å². The van der Waals surface area contributed by atoms with E-state index in [4.69, 9.17) is 14.2 Å². The zero-order valence-electron chi connectivity index (χ0n) is 16.0. The molecule has 1 heterocycles. The van der Waals surface area contributed by atoms with Crippen LogP contribution in [0, 0.1) is 0 Å². The topological polar surface area (TPSA) is 77.1 Å². The predicted octanol–water partition coefficient (Wildman–Crippen LogP) is 2.23. The Bertz CT molecular complexity index is 647. The van der Waals surface area contributed by atoms with Gasteiger partial charge >= 0.3 is 0 Å². The summed E-state index contributed by atoms with van der Waals surface area (Å²) in [7, 11) is 4.52. The van der Waals surface area contributed by atoms with Crippen LogP contribution in [0.25, 0.3) is 0 Å². The number of benzene rings is 1. The van der Waals surface area contributed by atoms with E-state index in [1.54, 1.807) is 12.1 Å². The molecule has 0 spiro atoms. The first-order chi connectivity index (χ1) is 12.6. The highest BCUT2D eigenvalue weighted by molar-refractivity contribution is 5.98. The highest BCUT2D eigenvalue weighted by Gasteiger charge is 2.27. The maximum absolute atomic E-state index is 12.6. The molecule has 0 radical (unpaired) electrons. The van der Waals surface area contributed by atoms with E-state index >= 15 is 0 Å². The first-order valence-corrected chi connectivity index (χ1v) is 8.93. The fraction of sp³-hybridized carbons (Fsp3) is 0.579. The highest BCUT2D eigenvalue weighted by atomic mass is 16.5. The van der Waals surface area contributed by atoms with E-state index in [0.717, 1.165) is 25.8 Å². The van der Waals surface area contributed by atoms with Gasteiger partial charge in [-0.1, -0.05) is 6.92 Å². The number of rotatable bonds is 9. The van der Waals surface area contributed by atoms with Crippen LogP contribution in [0.1, 0.15) is 43.0 Å². The summed E-state index contributed by atoms with van der Waals surface area (Å²) in [5.74, 6) is 1.19. The molecule has 1 unspecified atom stereocenters. The van der Waals surface area contributed by atoms with Gasteiger partial charge in [0.15, 0.2) is 11.5 Å². The van der Waals surface area contributed by atoms with Crippen LogP contribution in [-0.2, 0) is 4.79 Å². The van der Waals surface area contributed by atoms with Crippen LogP contribution in [0.2, 0.25) is 0 Å². The standard InChI is InChI=1S/C19H28N2O5/c1-5-13(21-12-6-7-16(21)22)10-11-20-19(23)14-8-9-15(24-2)18(26-4)17(14)25-3/h8-9,13H,5-7,10-12H2,1-4H3,(H,20,23). The second-order valence-corrected chi connectivity index (χ2v) is 6.18. The zero-order chi connectivity index (χ0) is 19.1. The molecule has 7 heteroatoms. The minimum absolute atomic E-state index is 0.164. The van der Waals surface area contributed by atoms with Crippen molar-refractivity contribution in [3.63, 3.8) is 0 Å². The Kier molecular flexibility index (Phi) is 7.12. The normalized spacial score (nSPS) is 14.9. The van der Waals surface area contributed by atoms with E-state index < -0.39 is 0 Å². The van der Waals surface area contributed by atoms with Gasteiger partial charge in [0.25, 0.3) is 5.91 Å². The summed E-state index contributed by atoms with van der Waals surface area (Å²) >= 11 is 0. The summed E-state index contributed by atoms with van der Waals surface area (Å²) in [4.78, 5) is 26.4. The molecule has 1 aliphatic rings. The van der Waals surface area contributed by atoms with Crippen molar-refractivity contribution in [2.45, 2.75) is 38.6 Å². The molecule has 0 aromatic heterocycles. The van der Waals surface area contributed by atoms with Crippen molar-refractivity contribution in [3.8, 4) is 17.2 Å². The second kappa shape index (κ2) is 9.31. The lowest BCUT2D eigenvalue weighted by Gasteiger charge is -2.27. The van der Waals surface area contributed by atoms with E-state index in [2.05, 4.69) is 12.2 Å². The summed E-state index contributed by atoms with van der Waals surface area (Å²) in [6.07, 6.45) is 3.15. The number of amides is 2. The van der Waals surface area contributed by atoms with Crippen molar-refractivity contribution in [1.82, 2.24) is 10.2 Å². The molecule has 2 rings (SSSR count). The Morgan fingerprint density at radius 2 is 1.92 bits per heavy atom. The van der Waals surface area contributed by atoms with Gasteiger partial charge in [-0.05, 0) is 31.4 Å². The summed E-state index contributed by atoms with van der Waals surface area (Å²) < 4.78 is 15.9.